The predicted molar refractivity (Wildman–Crippen MR) is 76.2 cm³/mol. The van der Waals surface area contributed by atoms with Crippen molar-refractivity contribution >= 4 is 5.69 Å². The maximum absolute atomic E-state index is 6.05. The molecule has 1 aliphatic heterocycles. The molecule has 1 aromatic rings. The second kappa shape index (κ2) is 6.10. The predicted octanol–water partition coefficient (Wildman–Crippen LogP) is 2.65. The maximum Gasteiger partial charge on any atom is 0.142 e. The van der Waals surface area contributed by atoms with E-state index in [0.717, 1.165) is 37.6 Å². The number of ether oxygens (including phenoxy) is 1. The third-order valence-corrected chi connectivity index (χ3v) is 3.87. The van der Waals surface area contributed by atoms with Crippen molar-refractivity contribution in [3.05, 3.63) is 24.3 Å². The van der Waals surface area contributed by atoms with Crippen LogP contribution in [0.25, 0.3) is 0 Å². The van der Waals surface area contributed by atoms with Crippen molar-refractivity contribution in [2.45, 2.75) is 32.2 Å². The van der Waals surface area contributed by atoms with Gasteiger partial charge in [-0.15, -0.1) is 0 Å². The van der Waals surface area contributed by atoms with E-state index in [2.05, 4.69) is 24.0 Å². The van der Waals surface area contributed by atoms with E-state index in [1.807, 2.05) is 12.1 Å². The summed E-state index contributed by atoms with van der Waals surface area (Å²) in [4.78, 5) is 2.42. The van der Waals surface area contributed by atoms with Crippen molar-refractivity contribution in [3.8, 4) is 5.75 Å². The Morgan fingerprint density at radius 3 is 2.94 bits per heavy atom. The van der Waals surface area contributed by atoms with Crippen LogP contribution in [0.5, 0.6) is 5.75 Å². The van der Waals surface area contributed by atoms with Crippen LogP contribution in [0.3, 0.4) is 0 Å². The van der Waals surface area contributed by atoms with Crippen LogP contribution in [0.4, 0.5) is 5.69 Å². The number of nitrogens with two attached hydrogens (primary N) is 1. The Kier molecular flexibility index (Phi) is 4.48. The number of anilines is 1. The highest BCUT2D eigenvalue weighted by molar-refractivity contribution is 5.58. The highest BCUT2D eigenvalue weighted by Crippen LogP contribution is 2.33. The van der Waals surface area contributed by atoms with E-state index in [4.69, 9.17) is 10.5 Å². The van der Waals surface area contributed by atoms with Crippen molar-refractivity contribution < 1.29 is 4.74 Å². The van der Waals surface area contributed by atoms with Gasteiger partial charge >= 0.3 is 0 Å². The number of benzene rings is 1. The first kappa shape index (κ1) is 13.2. The lowest BCUT2D eigenvalue weighted by atomic mass is 9.98. The van der Waals surface area contributed by atoms with Gasteiger partial charge < -0.3 is 15.4 Å². The van der Waals surface area contributed by atoms with Gasteiger partial charge in [-0.2, -0.15) is 0 Å². The smallest absolute Gasteiger partial charge is 0.142 e. The molecule has 2 rings (SSSR count). The van der Waals surface area contributed by atoms with Crippen LogP contribution in [0.1, 0.15) is 26.2 Å². The normalized spacial score (nSPS) is 21.1. The van der Waals surface area contributed by atoms with Gasteiger partial charge in [-0.1, -0.05) is 19.1 Å². The Balaban J connectivity index is 2.00. The average Bonchev–Trinajstić information content (AvgIpc) is 2.86. The van der Waals surface area contributed by atoms with Crippen molar-refractivity contribution in [2.24, 2.45) is 11.7 Å². The lowest BCUT2D eigenvalue weighted by Crippen LogP contribution is -2.25. The van der Waals surface area contributed by atoms with E-state index in [0.29, 0.717) is 6.04 Å². The van der Waals surface area contributed by atoms with Crippen molar-refractivity contribution in [2.75, 3.05) is 25.1 Å². The first-order valence-electron chi connectivity index (χ1n) is 6.88. The lowest BCUT2D eigenvalue weighted by molar-refractivity contribution is 0.414. The minimum absolute atomic E-state index is 0.354. The van der Waals surface area contributed by atoms with Gasteiger partial charge in [-0.3, -0.25) is 0 Å². The molecule has 2 atom stereocenters. The largest absolute Gasteiger partial charge is 0.495 e. The van der Waals surface area contributed by atoms with Crippen LogP contribution < -0.4 is 15.4 Å². The molecule has 18 heavy (non-hydrogen) atoms. The molecule has 0 saturated carbocycles. The molecular formula is C15H24N2O. The number of methoxy groups -OCH3 is 1. The van der Waals surface area contributed by atoms with Crippen molar-refractivity contribution in [3.63, 3.8) is 0 Å². The summed E-state index contributed by atoms with van der Waals surface area (Å²) < 4.78 is 5.43. The quantitative estimate of drug-likeness (QED) is 0.870. The third kappa shape index (κ3) is 2.96. The Morgan fingerprint density at radius 2 is 2.22 bits per heavy atom. The van der Waals surface area contributed by atoms with Crippen molar-refractivity contribution in [1.29, 1.82) is 0 Å². The molecule has 0 aromatic heterocycles. The minimum Gasteiger partial charge on any atom is -0.495 e. The number of hydrogen-bond acceptors (Lipinski definition) is 3. The summed E-state index contributed by atoms with van der Waals surface area (Å²) in [6.07, 6.45) is 3.46. The lowest BCUT2D eigenvalue weighted by Gasteiger charge is -2.21. The van der Waals surface area contributed by atoms with Gasteiger partial charge in [0.25, 0.3) is 0 Å². The van der Waals surface area contributed by atoms with Crippen LogP contribution in [-0.2, 0) is 0 Å². The maximum atomic E-state index is 6.05. The first-order valence-corrected chi connectivity index (χ1v) is 6.88. The molecule has 3 heteroatoms. The molecule has 1 aromatic carbocycles. The number of nitrogens with zero attached hydrogens (tertiary/aromatic N) is 1. The van der Waals surface area contributed by atoms with Gasteiger partial charge in [0.1, 0.15) is 5.75 Å². The van der Waals surface area contributed by atoms with Crippen LogP contribution in [0.15, 0.2) is 24.3 Å². The summed E-state index contributed by atoms with van der Waals surface area (Å²) in [5.41, 5.74) is 7.27. The average molecular weight is 248 g/mol. The SMILES string of the molecule is CCC(N)CC1CCN(c2ccccc2OC)C1. The second-order valence-corrected chi connectivity index (χ2v) is 5.18. The fourth-order valence-electron chi connectivity index (χ4n) is 2.73. The van der Waals surface area contributed by atoms with E-state index in [-0.39, 0.29) is 0 Å². The molecule has 2 N–H and O–H groups in total. The Morgan fingerprint density at radius 1 is 1.44 bits per heavy atom. The second-order valence-electron chi connectivity index (χ2n) is 5.18. The summed E-state index contributed by atoms with van der Waals surface area (Å²) in [5.74, 6) is 1.70. The molecule has 2 unspecified atom stereocenters. The summed E-state index contributed by atoms with van der Waals surface area (Å²) in [6, 6.07) is 8.61. The Labute approximate surface area is 110 Å². The third-order valence-electron chi connectivity index (χ3n) is 3.87. The fraction of sp³-hybridized carbons (Fsp3) is 0.600. The molecule has 0 radical (unpaired) electrons. The molecule has 0 spiro atoms. The summed E-state index contributed by atoms with van der Waals surface area (Å²) in [7, 11) is 1.74. The minimum atomic E-state index is 0.354. The molecule has 1 fully saturated rings. The topological polar surface area (TPSA) is 38.5 Å². The Hall–Kier alpha value is -1.22. The Bertz CT molecular complexity index is 381. The van der Waals surface area contributed by atoms with Gasteiger partial charge in [0.15, 0.2) is 0 Å². The summed E-state index contributed by atoms with van der Waals surface area (Å²) in [6.45, 7) is 4.38. The van der Waals surface area contributed by atoms with E-state index >= 15 is 0 Å². The highest BCUT2D eigenvalue weighted by atomic mass is 16.5. The zero-order valence-corrected chi connectivity index (χ0v) is 11.4. The van der Waals surface area contributed by atoms with E-state index in [9.17, 15) is 0 Å². The number of rotatable bonds is 5. The molecule has 1 heterocycles. The van der Waals surface area contributed by atoms with Crippen molar-refractivity contribution in [1.82, 2.24) is 0 Å². The monoisotopic (exact) mass is 248 g/mol. The zero-order chi connectivity index (χ0) is 13.0. The van der Waals surface area contributed by atoms with E-state index < -0.39 is 0 Å². The summed E-state index contributed by atoms with van der Waals surface area (Å²) in [5, 5.41) is 0. The first-order chi connectivity index (χ1) is 8.74. The number of para-hydroxylation sites is 2. The van der Waals surface area contributed by atoms with Gasteiger partial charge in [0.2, 0.25) is 0 Å². The van der Waals surface area contributed by atoms with Gasteiger partial charge in [0.05, 0.1) is 12.8 Å². The van der Waals surface area contributed by atoms with Gasteiger partial charge in [-0.25, -0.2) is 0 Å². The van der Waals surface area contributed by atoms with Crippen LogP contribution in [-0.4, -0.2) is 26.2 Å². The summed E-state index contributed by atoms with van der Waals surface area (Å²) >= 11 is 0. The fourth-order valence-corrected chi connectivity index (χ4v) is 2.73. The van der Waals surface area contributed by atoms with Gasteiger partial charge in [-0.05, 0) is 37.3 Å². The zero-order valence-electron chi connectivity index (χ0n) is 11.4. The highest BCUT2D eigenvalue weighted by Gasteiger charge is 2.25. The molecule has 0 amide bonds. The van der Waals surface area contributed by atoms with E-state index in [1.54, 1.807) is 7.11 Å². The molecule has 0 bridgehead atoms. The molecular weight excluding hydrogens is 224 g/mol. The van der Waals surface area contributed by atoms with Crippen LogP contribution in [0.2, 0.25) is 0 Å². The molecule has 3 nitrogen and oxygen atoms in total. The van der Waals surface area contributed by atoms with Gasteiger partial charge in [0, 0.05) is 19.1 Å². The molecule has 1 saturated heterocycles. The van der Waals surface area contributed by atoms with Crippen LogP contribution >= 0.6 is 0 Å². The number of hydrogen-bond donors (Lipinski definition) is 1. The standard InChI is InChI=1S/C15H24N2O/c1-3-13(16)10-12-8-9-17(11-12)14-6-4-5-7-15(14)18-2/h4-7,12-13H,3,8-11,16H2,1-2H3. The molecule has 100 valence electrons. The molecule has 1 aliphatic rings. The van der Waals surface area contributed by atoms with E-state index in [1.165, 1.54) is 12.1 Å². The van der Waals surface area contributed by atoms with Crippen LogP contribution in [0, 0.1) is 5.92 Å². The molecule has 0 aliphatic carbocycles.